The van der Waals surface area contributed by atoms with Gasteiger partial charge >= 0.3 is 0 Å². The van der Waals surface area contributed by atoms with E-state index in [9.17, 15) is 4.79 Å². The highest BCUT2D eigenvalue weighted by molar-refractivity contribution is 7.99. The zero-order chi connectivity index (χ0) is 17.2. The number of likely N-dealkylation sites (tertiary alicyclic amines) is 1. The third-order valence-electron chi connectivity index (χ3n) is 4.48. The number of ether oxygens (including phenoxy) is 2. The minimum Gasteiger partial charge on any atom is -0.454 e. The number of piperidine rings is 1. The molecule has 4 rings (SSSR count). The molecule has 1 aromatic carbocycles. The standard InChI is InChI=1S/C17H19N3O4S/c1-11-4-6-20(7-5-11)15(21)9-25-17-19-18-16(24-17)12-2-3-13-14(8-12)23-10-22-13/h2-3,8,11H,4-7,9-10H2,1H3. The summed E-state index contributed by atoms with van der Waals surface area (Å²) < 4.78 is 16.3. The van der Waals surface area contributed by atoms with E-state index in [0.29, 0.717) is 34.3 Å². The predicted octanol–water partition coefficient (Wildman–Crippen LogP) is 2.82. The highest BCUT2D eigenvalue weighted by Crippen LogP contribution is 2.36. The lowest BCUT2D eigenvalue weighted by Crippen LogP contribution is -2.38. The molecule has 25 heavy (non-hydrogen) atoms. The molecule has 2 aliphatic heterocycles. The van der Waals surface area contributed by atoms with Crippen LogP contribution in [0.4, 0.5) is 0 Å². The van der Waals surface area contributed by atoms with Crippen LogP contribution in [0.3, 0.4) is 0 Å². The van der Waals surface area contributed by atoms with Crippen molar-refractivity contribution in [2.45, 2.75) is 25.0 Å². The SMILES string of the molecule is CC1CCN(C(=O)CSc2nnc(-c3ccc4c(c3)OCO4)o2)CC1. The Morgan fingerprint density at radius 3 is 2.88 bits per heavy atom. The van der Waals surface area contributed by atoms with E-state index in [2.05, 4.69) is 17.1 Å². The average Bonchev–Trinajstić information content (AvgIpc) is 3.28. The van der Waals surface area contributed by atoms with Crippen molar-refractivity contribution < 1.29 is 18.7 Å². The van der Waals surface area contributed by atoms with Crippen LogP contribution in [0.1, 0.15) is 19.8 Å². The molecule has 2 aliphatic rings. The maximum Gasteiger partial charge on any atom is 0.277 e. The second-order valence-electron chi connectivity index (χ2n) is 6.29. The smallest absolute Gasteiger partial charge is 0.277 e. The summed E-state index contributed by atoms with van der Waals surface area (Å²) in [5, 5.41) is 8.47. The van der Waals surface area contributed by atoms with Crippen molar-refractivity contribution in [3.63, 3.8) is 0 Å². The highest BCUT2D eigenvalue weighted by Gasteiger charge is 2.21. The van der Waals surface area contributed by atoms with E-state index >= 15 is 0 Å². The van der Waals surface area contributed by atoms with Crippen molar-refractivity contribution in [1.29, 1.82) is 0 Å². The third-order valence-corrected chi connectivity index (χ3v) is 5.28. The third kappa shape index (κ3) is 3.58. The van der Waals surface area contributed by atoms with Gasteiger partial charge in [0.1, 0.15) is 0 Å². The molecule has 1 aromatic heterocycles. The monoisotopic (exact) mass is 361 g/mol. The van der Waals surface area contributed by atoms with Gasteiger partial charge in [0.05, 0.1) is 5.75 Å². The van der Waals surface area contributed by atoms with Gasteiger partial charge in [-0.1, -0.05) is 18.7 Å². The van der Waals surface area contributed by atoms with E-state index in [1.165, 1.54) is 11.8 Å². The van der Waals surface area contributed by atoms with Crippen molar-refractivity contribution in [3.8, 4) is 23.0 Å². The van der Waals surface area contributed by atoms with Gasteiger partial charge in [-0.2, -0.15) is 0 Å². The minimum atomic E-state index is 0.125. The van der Waals surface area contributed by atoms with Gasteiger partial charge in [0.25, 0.3) is 5.22 Å². The van der Waals surface area contributed by atoms with E-state index in [0.717, 1.165) is 31.5 Å². The zero-order valence-corrected chi connectivity index (χ0v) is 14.8. The number of benzene rings is 1. The molecule has 0 unspecified atom stereocenters. The summed E-state index contributed by atoms with van der Waals surface area (Å²) >= 11 is 1.28. The lowest BCUT2D eigenvalue weighted by Gasteiger charge is -2.30. The molecule has 1 saturated heterocycles. The lowest BCUT2D eigenvalue weighted by molar-refractivity contribution is -0.129. The molecule has 3 heterocycles. The largest absolute Gasteiger partial charge is 0.454 e. The first-order chi connectivity index (χ1) is 12.2. The molecule has 0 spiro atoms. The van der Waals surface area contributed by atoms with Gasteiger partial charge in [-0.3, -0.25) is 4.79 Å². The summed E-state index contributed by atoms with van der Waals surface area (Å²) in [6.45, 7) is 4.13. The number of nitrogens with zero attached hydrogens (tertiary/aromatic N) is 3. The normalized spacial score (nSPS) is 17.1. The first-order valence-electron chi connectivity index (χ1n) is 8.33. The Balaban J connectivity index is 1.36. The van der Waals surface area contributed by atoms with E-state index < -0.39 is 0 Å². The van der Waals surface area contributed by atoms with Crippen LogP contribution in [0.15, 0.2) is 27.8 Å². The van der Waals surface area contributed by atoms with Crippen molar-refractivity contribution in [1.82, 2.24) is 15.1 Å². The molecule has 1 fully saturated rings. The number of aromatic nitrogens is 2. The van der Waals surface area contributed by atoms with Crippen LogP contribution in [0.25, 0.3) is 11.5 Å². The Morgan fingerprint density at radius 1 is 1.24 bits per heavy atom. The number of carbonyl (C=O) groups excluding carboxylic acids is 1. The summed E-state index contributed by atoms with van der Waals surface area (Å²) in [4.78, 5) is 14.2. The number of amides is 1. The number of carbonyl (C=O) groups is 1. The Hall–Kier alpha value is -2.22. The fourth-order valence-corrected chi connectivity index (χ4v) is 3.55. The van der Waals surface area contributed by atoms with Crippen LogP contribution in [0, 0.1) is 5.92 Å². The molecule has 2 aromatic rings. The highest BCUT2D eigenvalue weighted by atomic mass is 32.2. The fourth-order valence-electron chi connectivity index (χ4n) is 2.89. The number of hydrogen-bond donors (Lipinski definition) is 0. The van der Waals surface area contributed by atoms with Gasteiger partial charge < -0.3 is 18.8 Å². The summed E-state index contributed by atoms with van der Waals surface area (Å²) in [7, 11) is 0. The average molecular weight is 361 g/mol. The summed E-state index contributed by atoms with van der Waals surface area (Å²) in [6.07, 6.45) is 2.15. The van der Waals surface area contributed by atoms with Crippen molar-refractivity contribution in [2.75, 3.05) is 25.6 Å². The first kappa shape index (κ1) is 16.3. The molecule has 0 bridgehead atoms. The molecule has 0 atom stereocenters. The second kappa shape index (κ2) is 6.95. The summed E-state index contributed by atoms with van der Waals surface area (Å²) in [5.41, 5.74) is 0.764. The minimum absolute atomic E-state index is 0.125. The number of thioether (sulfide) groups is 1. The van der Waals surface area contributed by atoms with Crippen LogP contribution >= 0.6 is 11.8 Å². The van der Waals surface area contributed by atoms with E-state index in [1.807, 2.05) is 23.1 Å². The summed E-state index contributed by atoms with van der Waals surface area (Å²) in [6, 6.07) is 5.47. The number of hydrogen-bond acceptors (Lipinski definition) is 7. The van der Waals surface area contributed by atoms with Gasteiger partial charge in [0, 0.05) is 18.7 Å². The molecule has 0 radical (unpaired) electrons. The van der Waals surface area contributed by atoms with Crippen LogP contribution in [0.5, 0.6) is 11.5 Å². The van der Waals surface area contributed by atoms with E-state index in [-0.39, 0.29) is 12.7 Å². The van der Waals surface area contributed by atoms with Gasteiger partial charge in [-0.25, -0.2) is 0 Å². The molecular weight excluding hydrogens is 342 g/mol. The molecule has 132 valence electrons. The van der Waals surface area contributed by atoms with Crippen molar-refractivity contribution in [3.05, 3.63) is 18.2 Å². The van der Waals surface area contributed by atoms with Gasteiger partial charge in [0.15, 0.2) is 11.5 Å². The second-order valence-corrected chi connectivity index (χ2v) is 7.22. The molecule has 7 nitrogen and oxygen atoms in total. The maximum atomic E-state index is 12.3. The Kier molecular flexibility index (Phi) is 4.52. The molecule has 8 heteroatoms. The van der Waals surface area contributed by atoms with Gasteiger partial charge in [0.2, 0.25) is 18.6 Å². The molecule has 0 N–H and O–H groups in total. The maximum absolute atomic E-state index is 12.3. The molecule has 1 amide bonds. The van der Waals surface area contributed by atoms with E-state index in [4.69, 9.17) is 13.9 Å². The number of rotatable bonds is 4. The van der Waals surface area contributed by atoms with Crippen LogP contribution in [0.2, 0.25) is 0 Å². The van der Waals surface area contributed by atoms with E-state index in [1.54, 1.807) is 0 Å². The quantitative estimate of drug-likeness (QED) is 0.775. The number of fused-ring (bicyclic) bond motifs is 1. The molecular formula is C17H19N3O4S. The van der Waals surface area contributed by atoms with Crippen molar-refractivity contribution >= 4 is 17.7 Å². The van der Waals surface area contributed by atoms with Crippen molar-refractivity contribution in [2.24, 2.45) is 5.92 Å². The van der Waals surface area contributed by atoms with Crippen LogP contribution in [-0.4, -0.2) is 46.6 Å². The van der Waals surface area contributed by atoms with Gasteiger partial charge in [-0.15, -0.1) is 10.2 Å². The lowest BCUT2D eigenvalue weighted by atomic mass is 9.99. The topological polar surface area (TPSA) is 77.7 Å². The predicted molar refractivity (Wildman–Crippen MR) is 91.6 cm³/mol. The summed E-state index contributed by atoms with van der Waals surface area (Å²) in [5.74, 6) is 2.92. The Morgan fingerprint density at radius 2 is 2.04 bits per heavy atom. The fraction of sp³-hybridized carbons (Fsp3) is 0.471. The first-order valence-corrected chi connectivity index (χ1v) is 9.32. The van der Waals surface area contributed by atoms with Crippen LogP contribution < -0.4 is 9.47 Å². The van der Waals surface area contributed by atoms with Crippen LogP contribution in [-0.2, 0) is 4.79 Å². The molecule has 0 saturated carbocycles. The Bertz CT molecular complexity index is 771. The zero-order valence-electron chi connectivity index (χ0n) is 13.9. The van der Waals surface area contributed by atoms with Gasteiger partial charge in [-0.05, 0) is 37.0 Å². The Labute approximate surface area is 149 Å². The molecule has 0 aliphatic carbocycles.